The lowest BCUT2D eigenvalue weighted by molar-refractivity contribution is 0.254. The fourth-order valence-electron chi connectivity index (χ4n) is 1.64. The van der Waals surface area contributed by atoms with Gasteiger partial charge in [-0.3, -0.25) is 0 Å². The molecule has 0 aliphatic rings. The van der Waals surface area contributed by atoms with Gasteiger partial charge in [0.2, 0.25) is 0 Å². The molecule has 1 unspecified atom stereocenters. The molecule has 0 spiro atoms. The number of sulfone groups is 1. The topological polar surface area (TPSA) is 43.4 Å². The highest BCUT2D eigenvalue weighted by Gasteiger charge is 2.10. The summed E-state index contributed by atoms with van der Waals surface area (Å²) in [5.74, 6) is 1.78. The number of benzene rings is 1. The highest BCUT2D eigenvalue weighted by atomic mass is 32.2. The zero-order valence-corrected chi connectivity index (χ0v) is 12.5. The Balaban J connectivity index is 2.68. The molecule has 0 N–H and O–H groups in total. The molecule has 0 fully saturated rings. The zero-order chi connectivity index (χ0) is 13.6. The van der Waals surface area contributed by atoms with E-state index >= 15 is 0 Å². The van der Waals surface area contributed by atoms with E-state index in [1.54, 1.807) is 24.3 Å². The predicted octanol–water partition coefficient (Wildman–Crippen LogP) is 2.82. The van der Waals surface area contributed by atoms with Crippen molar-refractivity contribution in [3.8, 4) is 5.75 Å². The second-order valence-corrected chi connectivity index (χ2v) is 6.78. The van der Waals surface area contributed by atoms with Crippen molar-refractivity contribution in [2.75, 3.05) is 18.6 Å². The number of thiol groups is 1. The Bertz CT molecular complexity index is 469. The Kier molecular flexibility index (Phi) is 6.02. The van der Waals surface area contributed by atoms with Crippen LogP contribution in [0.25, 0.3) is 0 Å². The third-order valence-electron chi connectivity index (χ3n) is 2.67. The summed E-state index contributed by atoms with van der Waals surface area (Å²) >= 11 is 4.29. The first-order valence-electron chi connectivity index (χ1n) is 6.01. The number of ether oxygens (including phenoxy) is 1. The van der Waals surface area contributed by atoms with Crippen LogP contribution in [-0.2, 0) is 9.84 Å². The van der Waals surface area contributed by atoms with E-state index in [9.17, 15) is 8.42 Å². The van der Waals surface area contributed by atoms with E-state index in [2.05, 4.69) is 19.6 Å². The van der Waals surface area contributed by atoms with Crippen molar-refractivity contribution in [2.45, 2.75) is 24.7 Å². The second-order valence-electron chi connectivity index (χ2n) is 4.40. The Morgan fingerprint density at radius 1 is 1.39 bits per heavy atom. The fourth-order valence-corrected chi connectivity index (χ4v) is 2.59. The maximum atomic E-state index is 11.4. The molecule has 1 rings (SSSR count). The van der Waals surface area contributed by atoms with Crippen LogP contribution in [0.2, 0.25) is 0 Å². The summed E-state index contributed by atoms with van der Waals surface area (Å²) in [5, 5.41) is 0. The first-order chi connectivity index (χ1) is 8.47. The van der Waals surface area contributed by atoms with Gasteiger partial charge in [-0.2, -0.15) is 12.6 Å². The molecule has 0 aromatic heterocycles. The highest BCUT2D eigenvalue weighted by Crippen LogP contribution is 2.19. The lowest BCUT2D eigenvalue weighted by atomic mass is 10.1. The Hall–Kier alpha value is -0.680. The molecule has 0 aliphatic heterocycles. The van der Waals surface area contributed by atoms with Crippen LogP contribution in [0.15, 0.2) is 29.2 Å². The van der Waals surface area contributed by atoms with Gasteiger partial charge in [0.25, 0.3) is 0 Å². The normalized spacial score (nSPS) is 13.3. The molecule has 0 bridgehead atoms. The number of hydrogen-bond donors (Lipinski definition) is 1. The van der Waals surface area contributed by atoms with E-state index in [0.29, 0.717) is 18.3 Å². The molecule has 0 saturated carbocycles. The van der Waals surface area contributed by atoms with Crippen LogP contribution < -0.4 is 4.74 Å². The van der Waals surface area contributed by atoms with Crippen LogP contribution >= 0.6 is 12.6 Å². The van der Waals surface area contributed by atoms with E-state index in [1.165, 1.54) is 6.26 Å². The molecule has 3 nitrogen and oxygen atoms in total. The van der Waals surface area contributed by atoms with Crippen LogP contribution in [0.5, 0.6) is 5.75 Å². The summed E-state index contributed by atoms with van der Waals surface area (Å²) in [6.07, 6.45) is 3.35. The minimum absolute atomic E-state index is 0.290. The molecule has 0 aliphatic carbocycles. The van der Waals surface area contributed by atoms with Crippen molar-refractivity contribution in [2.24, 2.45) is 5.92 Å². The summed E-state index contributed by atoms with van der Waals surface area (Å²) < 4.78 is 28.5. The van der Waals surface area contributed by atoms with Crippen molar-refractivity contribution >= 4 is 22.5 Å². The third-order valence-corrected chi connectivity index (χ3v) is 4.30. The van der Waals surface area contributed by atoms with Crippen LogP contribution in [0.1, 0.15) is 19.8 Å². The van der Waals surface area contributed by atoms with Crippen molar-refractivity contribution < 1.29 is 13.2 Å². The quantitative estimate of drug-likeness (QED) is 0.785. The summed E-state index contributed by atoms with van der Waals surface area (Å²) in [6.45, 7) is 2.70. The fraction of sp³-hybridized carbons (Fsp3) is 0.538. The minimum Gasteiger partial charge on any atom is -0.493 e. The third kappa shape index (κ3) is 4.90. The maximum absolute atomic E-state index is 11.4. The SMILES string of the molecule is CCCC(CS)COc1cccc(S(C)(=O)=O)c1. The number of hydrogen-bond acceptors (Lipinski definition) is 4. The Labute approximate surface area is 115 Å². The van der Waals surface area contributed by atoms with E-state index in [-0.39, 0.29) is 4.90 Å². The van der Waals surface area contributed by atoms with Crippen molar-refractivity contribution in [1.82, 2.24) is 0 Å². The van der Waals surface area contributed by atoms with Crippen molar-refractivity contribution in [3.63, 3.8) is 0 Å². The van der Waals surface area contributed by atoms with Gasteiger partial charge in [0.15, 0.2) is 9.84 Å². The van der Waals surface area contributed by atoms with Crippen LogP contribution in [0.3, 0.4) is 0 Å². The first kappa shape index (κ1) is 15.4. The van der Waals surface area contributed by atoms with Gasteiger partial charge in [-0.05, 0) is 30.4 Å². The molecular weight excluding hydrogens is 268 g/mol. The molecule has 1 aromatic carbocycles. The average molecular weight is 288 g/mol. The summed E-state index contributed by atoms with van der Waals surface area (Å²) in [5.41, 5.74) is 0. The van der Waals surface area contributed by atoms with Gasteiger partial charge in [-0.25, -0.2) is 8.42 Å². The van der Waals surface area contributed by atoms with Crippen molar-refractivity contribution in [1.29, 1.82) is 0 Å². The van der Waals surface area contributed by atoms with E-state index in [0.717, 1.165) is 18.6 Å². The standard InChI is InChI=1S/C13H20O3S2/c1-3-5-11(10-17)9-16-12-6-4-7-13(8-12)18(2,14)15/h4,6-8,11,17H,3,5,9-10H2,1-2H3. The minimum atomic E-state index is -3.17. The van der Waals surface area contributed by atoms with Crippen LogP contribution in [0.4, 0.5) is 0 Å². The van der Waals surface area contributed by atoms with Gasteiger partial charge in [-0.1, -0.05) is 19.4 Å². The summed E-state index contributed by atoms with van der Waals surface area (Å²) in [6, 6.07) is 6.61. The monoisotopic (exact) mass is 288 g/mol. The second kappa shape index (κ2) is 7.04. The molecule has 0 saturated heterocycles. The molecule has 102 valence electrons. The van der Waals surface area contributed by atoms with Crippen molar-refractivity contribution in [3.05, 3.63) is 24.3 Å². The van der Waals surface area contributed by atoms with Crippen LogP contribution in [0, 0.1) is 5.92 Å². The average Bonchev–Trinajstić information content (AvgIpc) is 2.34. The molecule has 1 aromatic rings. The van der Waals surface area contributed by atoms with Gasteiger partial charge >= 0.3 is 0 Å². The predicted molar refractivity (Wildman–Crippen MR) is 77.3 cm³/mol. The number of rotatable bonds is 7. The smallest absolute Gasteiger partial charge is 0.175 e. The molecular formula is C13H20O3S2. The van der Waals surface area contributed by atoms with Gasteiger partial charge in [0, 0.05) is 12.2 Å². The molecule has 18 heavy (non-hydrogen) atoms. The maximum Gasteiger partial charge on any atom is 0.175 e. The van der Waals surface area contributed by atoms with Gasteiger partial charge < -0.3 is 4.74 Å². The lowest BCUT2D eigenvalue weighted by Gasteiger charge is -2.14. The van der Waals surface area contributed by atoms with E-state index in [1.807, 2.05) is 0 Å². The molecule has 0 amide bonds. The van der Waals surface area contributed by atoms with Crippen LogP contribution in [-0.4, -0.2) is 27.0 Å². The van der Waals surface area contributed by atoms with Gasteiger partial charge in [-0.15, -0.1) is 0 Å². The summed E-state index contributed by atoms with van der Waals surface area (Å²) in [7, 11) is -3.17. The first-order valence-corrected chi connectivity index (χ1v) is 8.53. The molecule has 1 atom stereocenters. The lowest BCUT2D eigenvalue weighted by Crippen LogP contribution is -2.13. The molecule has 0 radical (unpaired) electrons. The Morgan fingerprint density at radius 2 is 2.11 bits per heavy atom. The van der Waals surface area contributed by atoms with E-state index < -0.39 is 9.84 Å². The zero-order valence-electron chi connectivity index (χ0n) is 10.8. The highest BCUT2D eigenvalue weighted by molar-refractivity contribution is 7.90. The van der Waals surface area contributed by atoms with Gasteiger partial charge in [0.1, 0.15) is 5.75 Å². The molecule has 0 heterocycles. The van der Waals surface area contributed by atoms with Gasteiger partial charge in [0.05, 0.1) is 11.5 Å². The Morgan fingerprint density at radius 3 is 2.67 bits per heavy atom. The van der Waals surface area contributed by atoms with E-state index in [4.69, 9.17) is 4.74 Å². The summed E-state index contributed by atoms with van der Waals surface area (Å²) in [4.78, 5) is 0.290. The largest absolute Gasteiger partial charge is 0.493 e. The molecule has 5 heteroatoms.